The summed E-state index contributed by atoms with van der Waals surface area (Å²) >= 11 is 5.59. The first-order chi connectivity index (χ1) is 9.52. The van der Waals surface area contributed by atoms with Gasteiger partial charge in [0.05, 0.1) is 11.1 Å². The Bertz CT molecular complexity index is 703. The molecule has 3 nitrogen and oxygen atoms in total. The van der Waals surface area contributed by atoms with Crippen LogP contribution in [0.15, 0.2) is 18.2 Å². The molecular formula is C16H19NO2S. The van der Waals surface area contributed by atoms with Gasteiger partial charge >= 0.3 is 0 Å². The number of H-pyrrole nitrogens is 1. The van der Waals surface area contributed by atoms with Crippen molar-refractivity contribution in [2.75, 3.05) is 6.61 Å². The SMILES string of the molecule is CCOc1ccc2[nH]c(C)c(CCC(C)=O)c(=S)c2c1. The number of Topliss-reactive ketones (excluding diaryl/α,β-unsaturated/α-hetero) is 1. The van der Waals surface area contributed by atoms with Crippen LogP contribution < -0.4 is 4.74 Å². The van der Waals surface area contributed by atoms with Crippen molar-refractivity contribution >= 4 is 28.9 Å². The highest BCUT2D eigenvalue weighted by Gasteiger charge is 2.08. The summed E-state index contributed by atoms with van der Waals surface area (Å²) in [6.45, 7) is 6.20. The second-order valence-corrected chi connectivity index (χ2v) is 5.31. The zero-order chi connectivity index (χ0) is 14.7. The molecule has 20 heavy (non-hydrogen) atoms. The number of rotatable bonds is 5. The smallest absolute Gasteiger partial charge is 0.130 e. The van der Waals surface area contributed by atoms with Gasteiger partial charge in [-0.25, -0.2) is 0 Å². The average molecular weight is 289 g/mol. The Morgan fingerprint density at radius 1 is 1.40 bits per heavy atom. The van der Waals surface area contributed by atoms with E-state index in [0.717, 1.165) is 32.4 Å². The number of nitrogens with one attached hydrogen (secondary N) is 1. The summed E-state index contributed by atoms with van der Waals surface area (Å²) < 4.78 is 6.34. The molecule has 106 valence electrons. The van der Waals surface area contributed by atoms with Crippen molar-refractivity contribution in [1.82, 2.24) is 4.98 Å². The Labute approximate surface area is 124 Å². The van der Waals surface area contributed by atoms with Crippen molar-refractivity contribution in [3.05, 3.63) is 34.0 Å². The van der Waals surface area contributed by atoms with Crippen LogP contribution in [0.2, 0.25) is 0 Å². The largest absolute Gasteiger partial charge is 0.494 e. The van der Waals surface area contributed by atoms with Crippen molar-refractivity contribution < 1.29 is 9.53 Å². The van der Waals surface area contributed by atoms with Crippen LogP contribution >= 0.6 is 12.2 Å². The molecule has 0 radical (unpaired) electrons. The predicted molar refractivity (Wildman–Crippen MR) is 84.0 cm³/mol. The lowest BCUT2D eigenvalue weighted by molar-refractivity contribution is -0.116. The van der Waals surface area contributed by atoms with Gasteiger partial charge in [0.25, 0.3) is 0 Å². The van der Waals surface area contributed by atoms with Gasteiger partial charge in [0.15, 0.2) is 0 Å². The minimum absolute atomic E-state index is 0.182. The minimum atomic E-state index is 0.182. The Balaban J connectivity index is 2.53. The summed E-state index contributed by atoms with van der Waals surface area (Å²) in [5, 5.41) is 0.982. The molecule has 0 saturated carbocycles. The molecule has 0 amide bonds. The Morgan fingerprint density at radius 2 is 2.15 bits per heavy atom. The molecule has 0 bridgehead atoms. The molecule has 0 spiro atoms. The Kier molecular flexibility index (Phi) is 4.55. The number of ether oxygens (including phenoxy) is 1. The summed E-state index contributed by atoms with van der Waals surface area (Å²) in [4.78, 5) is 14.5. The van der Waals surface area contributed by atoms with Gasteiger partial charge in [0.1, 0.15) is 11.5 Å². The minimum Gasteiger partial charge on any atom is -0.494 e. The highest BCUT2D eigenvalue weighted by Crippen LogP contribution is 2.25. The monoisotopic (exact) mass is 289 g/mol. The average Bonchev–Trinajstić information content (AvgIpc) is 2.39. The molecule has 2 rings (SSSR count). The van der Waals surface area contributed by atoms with E-state index >= 15 is 0 Å². The molecule has 0 saturated heterocycles. The van der Waals surface area contributed by atoms with E-state index in [0.29, 0.717) is 19.4 Å². The van der Waals surface area contributed by atoms with Crippen LogP contribution in [0.3, 0.4) is 0 Å². The number of benzene rings is 1. The summed E-state index contributed by atoms with van der Waals surface area (Å²) in [7, 11) is 0. The number of pyridine rings is 1. The molecular weight excluding hydrogens is 270 g/mol. The molecule has 1 N–H and O–H groups in total. The lowest BCUT2D eigenvalue weighted by atomic mass is 10.0. The van der Waals surface area contributed by atoms with Gasteiger partial charge in [-0.2, -0.15) is 0 Å². The van der Waals surface area contributed by atoms with Gasteiger partial charge in [-0.1, -0.05) is 12.2 Å². The normalized spacial score (nSPS) is 10.8. The number of aryl methyl sites for hydroxylation is 1. The maximum Gasteiger partial charge on any atom is 0.130 e. The second-order valence-electron chi connectivity index (χ2n) is 4.90. The lowest BCUT2D eigenvalue weighted by Crippen LogP contribution is -2.00. The van der Waals surface area contributed by atoms with E-state index in [2.05, 4.69) is 4.98 Å². The number of aromatic amines is 1. The molecule has 4 heteroatoms. The van der Waals surface area contributed by atoms with E-state index in [1.807, 2.05) is 32.0 Å². The maximum absolute atomic E-state index is 11.2. The van der Waals surface area contributed by atoms with E-state index in [1.165, 1.54) is 0 Å². The first-order valence-electron chi connectivity index (χ1n) is 6.80. The number of fused-ring (bicyclic) bond motifs is 1. The number of carbonyl (C=O) groups excluding carboxylic acids is 1. The predicted octanol–water partition coefficient (Wildman–Crippen LogP) is 4.13. The highest BCUT2D eigenvalue weighted by molar-refractivity contribution is 7.71. The number of hydrogen-bond donors (Lipinski definition) is 1. The summed E-state index contributed by atoms with van der Waals surface area (Å²) in [5.41, 5.74) is 3.09. The fourth-order valence-corrected chi connectivity index (χ4v) is 2.71. The van der Waals surface area contributed by atoms with Gasteiger partial charge in [0, 0.05) is 23.0 Å². The number of ketones is 1. The molecule has 1 aromatic carbocycles. The van der Waals surface area contributed by atoms with Crippen molar-refractivity contribution in [3.8, 4) is 5.75 Å². The number of hydrogen-bond acceptors (Lipinski definition) is 3. The van der Waals surface area contributed by atoms with Crippen LogP contribution in [-0.2, 0) is 11.2 Å². The summed E-state index contributed by atoms with van der Waals surface area (Å²) in [6, 6.07) is 5.89. The number of aromatic nitrogens is 1. The zero-order valence-corrected chi connectivity index (χ0v) is 12.9. The van der Waals surface area contributed by atoms with E-state index in [9.17, 15) is 4.79 Å². The van der Waals surface area contributed by atoms with Crippen LogP contribution in [0.4, 0.5) is 0 Å². The molecule has 0 aliphatic carbocycles. The third-order valence-electron chi connectivity index (χ3n) is 3.32. The Morgan fingerprint density at radius 3 is 2.80 bits per heavy atom. The van der Waals surface area contributed by atoms with Crippen molar-refractivity contribution in [3.63, 3.8) is 0 Å². The molecule has 0 unspecified atom stereocenters. The fraction of sp³-hybridized carbons (Fsp3) is 0.375. The topological polar surface area (TPSA) is 42.1 Å². The second kappa shape index (κ2) is 6.18. The van der Waals surface area contributed by atoms with Crippen LogP contribution in [0, 0.1) is 11.4 Å². The molecule has 1 heterocycles. The van der Waals surface area contributed by atoms with Crippen molar-refractivity contribution in [2.45, 2.75) is 33.6 Å². The molecule has 1 aromatic heterocycles. The zero-order valence-electron chi connectivity index (χ0n) is 12.1. The van der Waals surface area contributed by atoms with E-state index in [1.54, 1.807) is 6.92 Å². The van der Waals surface area contributed by atoms with E-state index < -0.39 is 0 Å². The molecule has 0 fully saturated rings. The van der Waals surface area contributed by atoms with E-state index in [4.69, 9.17) is 17.0 Å². The van der Waals surface area contributed by atoms with E-state index in [-0.39, 0.29) is 5.78 Å². The number of carbonyl (C=O) groups is 1. The quantitative estimate of drug-likeness (QED) is 0.842. The summed E-state index contributed by atoms with van der Waals surface area (Å²) in [5.74, 6) is 1.00. The third kappa shape index (κ3) is 3.07. The standard InChI is InChI=1S/C16H19NO2S/c1-4-19-12-6-8-15-14(9-12)16(20)13(11(3)17-15)7-5-10(2)18/h6,8-9H,4-5,7H2,1-3H3,(H,17,20). The van der Waals surface area contributed by atoms with Crippen LogP contribution in [0.1, 0.15) is 31.5 Å². The van der Waals surface area contributed by atoms with Crippen LogP contribution in [0.5, 0.6) is 5.75 Å². The van der Waals surface area contributed by atoms with Crippen molar-refractivity contribution in [2.24, 2.45) is 0 Å². The van der Waals surface area contributed by atoms with Crippen molar-refractivity contribution in [1.29, 1.82) is 0 Å². The Hall–Kier alpha value is -1.68. The first kappa shape index (κ1) is 14.7. The van der Waals surface area contributed by atoms with Gasteiger partial charge in [-0.15, -0.1) is 0 Å². The lowest BCUT2D eigenvalue weighted by Gasteiger charge is -2.10. The summed E-state index contributed by atoms with van der Waals surface area (Å²) in [6.07, 6.45) is 1.21. The van der Waals surface area contributed by atoms with Gasteiger partial charge in [-0.3, -0.25) is 0 Å². The van der Waals surface area contributed by atoms with Gasteiger partial charge in [-0.05, 0) is 51.0 Å². The maximum atomic E-state index is 11.2. The molecule has 2 aromatic rings. The van der Waals surface area contributed by atoms with Crippen LogP contribution in [-0.4, -0.2) is 17.4 Å². The van der Waals surface area contributed by atoms with Crippen LogP contribution in [0.25, 0.3) is 10.9 Å². The molecule has 0 aliphatic rings. The van der Waals surface area contributed by atoms with Gasteiger partial charge < -0.3 is 14.5 Å². The molecule has 0 aliphatic heterocycles. The van der Waals surface area contributed by atoms with Gasteiger partial charge in [0.2, 0.25) is 0 Å². The highest BCUT2D eigenvalue weighted by atomic mass is 32.1. The molecule has 0 atom stereocenters. The fourth-order valence-electron chi connectivity index (χ4n) is 2.29. The first-order valence-corrected chi connectivity index (χ1v) is 7.21. The third-order valence-corrected chi connectivity index (χ3v) is 3.79.